The molecule has 1 unspecified atom stereocenters. The lowest BCUT2D eigenvalue weighted by atomic mass is 10.0. The average molecular weight is 267 g/mol. The Morgan fingerprint density at radius 3 is 2.44 bits per heavy atom. The molecule has 1 aromatic carbocycles. The van der Waals surface area contributed by atoms with Gasteiger partial charge in [0.25, 0.3) is 0 Å². The van der Waals surface area contributed by atoms with Gasteiger partial charge < -0.3 is 5.32 Å². The van der Waals surface area contributed by atoms with Gasteiger partial charge in [0.05, 0.1) is 0 Å². The Hall–Kier alpha value is -1.17. The maximum atomic E-state index is 13.3. The van der Waals surface area contributed by atoms with Crippen LogP contribution in [0.4, 0.5) is 22.0 Å². The molecule has 0 heterocycles. The van der Waals surface area contributed by atoms with Crippen molar-refractivity contribution in [3.05, 3.63) is 35.4 Å². The molecule has 18 heavy (non-hydrogen) atoms. The number of benzene rings is 1. The van der Waals surface area contributed by atoms with Crippen molar-refractivity contribution >= 4 is 0 Å². The van der Waals surface area contributed by atoms with Gasteiger partial charge in [-0.3, -0.25) is 0 Å². The summed E-state index contributed by atoms with van der Waals surface area (Å²) in [5.41, 5.74) is 0.0801. The predicted octanol–water partition coefficient (Wildman–Crippen LogP) is 3.44. The van der Waals surface area contributed by atoms with Gasteiger partial charge in [-0.05, 0) is 43.7 Å². The summed E-state index contributed by atoms with van der Waals surface area (Å²) in [5.74, 6) is -1.21. The first-order chi connectivity index (χ1) is 8.31. The molecule has 1 nitrogen and oxygen atoms in total. The number of rotatable bonds is 5. The van der Waals surface area contributed by atoms with Gasteiger partial charge >= 0.3 is 6.18 Å². The molecule has 0 saturated heterocycles. The van der Waals surface area contributed by atoms with Gasteiger partial charge in [0.1, 0.15) is 11.6 Å². The number of hydrogen-bond acceptors (Lipinski definition) is 1. The van der Waals surface area contributed by atoms with Gasteiger partial charge in [0, 0.05) is 12.5 Å². The van der Waals surface area contributed by atoms with Crippen LogP contribution in [-0.4, -0.2) is 19.3 Å². The fourth-order valence-corrected chi connectivity index (χ4v) is 1.65. The first-order valence-electron chi connectivity index (χ1n) is 5.50. The molecule has 0 radical (unpaired) electrons. The summed E-state index contributed by atoms with van der Waals surface area (Å²) in [6.45, 7) is 0. The van der Waals surface area contributed by atoms with Crippen LogP contribution in [0.5, 0.6) is 0 Å². The molecule has 0 aliphatic rings. The molecule has 0 aliphatic carbocycles. The molecule has 1 aromatic rings. The molecule has 0 aliphatic heterocycles. The van der Waals surface area contributed by atoms with Gasteiger partial charge in [-0.1, -0.05) is 0 Å². The molecule has 0 amide bonds. The summed E-state index contributed by atoms with van der Waals surface area (Å²) in [7, 11) is 1.50. The van der Waals surface area contributed by atoms with Crippen LogP contribution >= 0.6 is 0 Å². The highest BCUT2D eigenvalue weighted by molar-refractivity contribution is 5.19. The van der Waals surface area contributed by atoms with E-state index in [-0.39, 0.29) is 18.4 Å². The number of nitrogens with one attached hydrogen (secondary N) is 1. The van der Waals surface area contributed by atoms with Crippen LogP contribution in [0.15, 0.2) is 18.2 Å². The quantitative estimate of drug-likeness (QED) is 0.806. The van der Waals surface area contributed by atoms with E-state index >= 15 is 0 Å². The third-order valence-electron chi connectivity index (χ3n) is 2.66. The molecule has 0 fully saturated rings. The Balaban J connectivity index is 2.65. The molecular weight excluding hydrogens is 253 g/mol. The van der Waals surface area contributed by atoms with Crippen molar-refractivity contribution in [2.24, 2.45) is 0 Å². The predicted molar refractivity (Wildman–Crippen MR) is 58.2 cm³/mol. The molecule has 0 saturated carbocycles. The zero-order valence-electron chi connectivity index (χ0n) is 9.82. The second kappa shape index (κ2) is 6.13. The molecule has 0 spiro atoms. The summed E-state index contributed by atoms with van der Waals surface area (Å²) in [4.78, 5) is 0. The fourth-order valence-electron chi connectivity index (χ4n) is 1.65. The lowest BCUT2D eigenvalue weighted by Gasteiger charge is -2.17. The van der Waals surface area contributed by atoms with Crippen molar-refractivity contribution in [2.75, 3.05) is 7.05 Å². The number of halogens is 5. The van der Waals surface area contributed by atoms with Crippen molar-refractivity contribution in [1.29, 1.82) is 0 Å². The van der Waals surface area contributed by atoms with Gasteiger partial charge in [0.2, 0.25) is 0 Å². The summed E-state index contributed by atoms with van der Waals surface area (Å²) >= 11 is 0. The molecule has 1 atom stereocenters. The topological polar surface area (TPSA) is 12.0 Å². The lowest BCUT2D eigenvalue weighted by Crippen LogP contribution is -2.29. The second-order valence-corrected chi connectivity index (χ2v) is 4.08. The smallest absolute Gasteiger partial charge is 0.317 e. The van der Waals surface area contributed by atoms with E-state index in [2.05, 4.69) is 5.32 Å². The van der Waals surface area contributed by atoms with Crippen LogP contribution in [0.1, 0.15) is 18.4 Å². The third kappa shape index (κ3) is 5.00. The lowest BCUT2D eigenvalue weighted by molar-refractivity contribution is -0.136. The van der Waals surface area contributed by atoms with Crippen LogP contribution in [0.3, 0.4) is 0 Å². The van der Waals surface area contributed by atoms with Crippen molar-refractivity contribution in [3.63, 3.8) is 0 Å². The Kier molecular flexibility index (Phi) is 5.07. The first kappa shape index (κ1) is 14.9. The summed E-state index contributed by atoms with van der Waals surface area (Å²) in [5, 5.41) is 2.68. The minimum atomic E-state index is -4.24. The standard InChI is InChI=1S/C12H14F5N/c1-18-10(4-5-12(15,16)17)7-8-6-9(13)2-3-11(8)14/h2-3,6,10,18H,4-5,7H2,1H3. The van der Waals surface area contributed by atoms with Gasteiger partial charge in [-0.15, -0.1) is 0 Å². The Labute approximate surface area is 102 Å². The maximum Gasteiger partial charge on any atom is 0.389 e. The molecule has 1 rings (SSSR count). The largest absolute Gasteiger partial charge is 0.389 e. The van der Waals surface area contributed by atoms with E-state index in [9.17, 15) is 22.0 Å². The Morgan fingerprint density at radius 2 is 1.89 bits per heavy atom. The molecule has 1 N–H and O–H groups in total. The molecule has 102 valence electrons. The van der Waals surface area contributed by atoms with E-state index in [4.69, 9.17) is 0 Å². The highest BCUT2D eigenvalue weighted by atomic mass is 19.4. The van der Waals surface area contributed by atoms with Crippen LogP contribution in [-0.2, 0) is 6.42 Å². The molecule has 0 aromatic heterocycles. The van der Waals surface area contributed by atoms with E-state index in [1.807, 2.05) is 0 Å². The number of alkyl halides is 3. The van der Waals surface area contributed by atoms with Gasteiger partial charge in [-0.2, -0.15) is 13.2 Å². The van der Waals surface area contributed by atoms with Crippen LogP contribution in [0, 0.1) is 11.6 Å². The average Bonchev–Trinajstić information content (AvgIpc) is 2.27. The highest BCUT2D eigenvalue weighted by Gasteiger charge is 2.28. The van der Waals surface area contributed by atoms with Crippen LogP contribution in [0.2, 0.25) is 0 Å². The van der Waals surface area contributed by atoms with E-state index in [0.29, 0.717) is 0 Å². The van der Waals surface area contributed by atoms with Crippen molar-refractivity contribution in [3.8, 4) is 0 Å². The van der Waals surface area contributed by atoms with Gasteiger partial charge in [0.15, 0.2) is 0 Å². The Morgan fingerprint density at radius 1 is 1.22 bits per heavy atom. The minimum absolute atomic E-state index is 0.0240. The minimum Gasteiger partial charge on any atom is -0.317 e. The van der Waals surface area contributed by atoms with Crippen molar-refractivity contribution in [2.45, 2.75) is 31.5 Å². The SMILES string of the molecule is CNC(CCC(F)(F)F)Cc1cc(F)ccc1F. The van der Waals surface area contributed by atoms with E-state index < -0.39 is 30.3 Å². The monoisotopic (exact) mass is 267 g/mol. The molecule has 0 bridgehead atoms. The van der Waals surface area contributed by atoms with Gasteiger partial charge in [-0.25, -0.2) is 8.78 Å². The highest BCUT2D eigenvalue weighted by Crippen LogP contribution is 2.23. The van der Waals surface area contributed by atoms with Crippen molar-refractivity contribution < 1.29 is 22.0 Å². The summed E-state index contributed by atoms with van der Waals surface area (Å²) in [6.07, 6.45) is -5.34. The van der Waals surface area contributed by atoms with Crippen molar-refractivity contribution in [1.82, 2.24) is 5.32 Å². The molecular formula is C12H14F5N. The Bertz CT molecular complexity index is 389. The van der Waals surface area contributed by atoms with E-state index in [0.717, 1.165) is 18.2 Å². The summed E-state index contributed by atoms with van der Waals surface area (Å²) < 4.78 is 62.5. The zero-order chi connectivity index (χ0) is 13.8. The normalized spacial score (nSPS) is 13.7. The van der Waals surface area contributed by atoms with E-state index in [1.165, 1.54) is 7.05 Å². The summed E-state index contributed by atoms with van der Waals surface area (Å²) in [6, 6.07) is 2.42. The second-order valence-electron chi connectivity index (χ2n) is 4.08. The first-order valence-corrected chi connectivity index (χ1v) is 5.50. The zero-order valence-corrected chi connectivity index (χ0v) is 9.82. The van der Waals surface area contributed by atoms with Crippen LogP contribution in [0.25, 0.3) is 0 Å². The maximum absolute atomic E-state index is 13.3. The number of likely N-dealkylation sites (N-methyl/N-ethyl adjacent to an activating group) is 1. The number of hydrogen-bond donors (Lipinski definition) is 1. The van der Waals surface area contributed by atoms with E-state index in [1.54, 1.807) is 0 Å². The third-order valence-corrected chi connectivity index (χ3v) is 2.66. The molecule has 6 heteroatoms. The fraction of sp³-hybridized carbons (Fsp3) is 0.500. The van der Waals surface area contributed by atoms with Crippen LogP contribution < -0.4 is 5.32 Å².